The number of aromatic nitrogens is 1. The molecular formula is C14H20N4O2S. The first-order valence-electron chi connectivity index (χ1n) is 7.24. The van der Waals surface area contributed by atoms with Gasteiger partial charge < -0.3 is 14.8 Å². The molecule has 2 saturated heterocycles. The highest BCUT2D eigenvalue weighted by atomic mass is 32.2. The summed E-state index contributed by atoms with van der Waals surface area (Å²) in [4.78, 5) is 31.2. The van der Waals surface area contributed by atoms with Crippen LogP contribution in [0.15, 0.2) is 18.3 Å². The zero-order valence-electron chi connectivity index (χ0n) is 11.9. The van der Waals surface area contributed by atoms with Crippen molar-refractivity contribution in [3.8, 4) is 0 Å². The van der Waals surface area contributed by atoms with Crippen LogP contribution in [0, 0.1) is 0 Å². The van der Waals surface area contributed by atoms with Gasteiger partial charge in [-0.2, -0.15) is 0 Å². The molecule has 3 rings (SSSR count). The fourth-order valence-electron chi connectivity index (χ4n) is 2.70. The second-order valence-corrected chi connectivity index (χ2v) is 6.38. The van der Waals surface area contributed by atoms with E-state index in [0.717, 1.165) is 17.3 Å². The zero-order valence-corrected chi connectivity index (χ0v) is 12.7. The maximum Gasteiger partial charge on any atom is 0.240 e. The first-order valence-corrected chi connectivity index (χ1v) is 8.39. The van der Waals surface area contributed by atoms with Crippen LogP contribution in [0.25, 0.3) is 0 Å². The van der Waals surface area contributed by atoms with E-state index in [1.54, 1.807) is 11.8 Å². The molecule has 114 valence electrons. The lowest BCUT2D eigenvalue weighted by atomic mass is 10.2. The van der Waals surface area contributed by atoms with Crippen molar-refractivity contribution in [2.45, 2.75) is 12.5 Å². The average Bonchev–Trinajstić information content (AvgIpc) is 3.20. The van der Waals surface area contributed by atoms with E-state index >= 15 is 0 Å². The molecule has 0 saturated carbocycles. The normalized spacial score (nSPS) is 22.6. The summed E-state index contributed by atoms with van der Waals surface area (Å²) in [5.41, 5.74) is 0.936. The van der Waals surface area contributed by atoms with Gasteiger partial charge >= 0.3 is 0 Å². The van der Waals surface area contributed by atoms with Crippen LogP contribution in [0.2, 0.25) is 0 Å². The predicted octanol–water partition coefficient (Wildman–Crippen LogP) is -0.109. The van der Waals surface area contributed by atoms with Gasteiger partial charge in [0.05, 0.1) is 12.5 Å². The maximum atomic E-state index is 12.3. The van der Waals surface area contributed by atoms with Crippen molar-refractivity contribution in [1.29, 1.82) is 0 Å². The molecule has 1 aromatic heterocycles. The number of aromatic amines is 1. The number of nitrogens with zero attached hydrogens (tertiary/aromatic N) is 2. The van der Waals surface area contributed by atoms with Crippen LogP contribution in [0.1, 0.15) is 5.69 Å². The SMILES string of the molecule is O=C(Cc1ccc[nH]1)N1CCN(C(=O)C2CSCN2)CC1. The minimum absolute atomic E-state index is 0.0452. The van der Waals surface area contributed by atoms with Gasteiger partial charge in [-0.25, -0.2) is 0 Å². The number of hydrogen-bond donors (Lipinski definition) is 2. The molecule has 0 radical (unpaired) electrons. The predicted molar refractivity (Wildman–Crippen MR) is 81.9 cm³/mol. The van der Waals surface area contributed by atoms with E-state index in [4.69, 9.17) is 0 Å². The van der Waals surface area contributed by atoms with E-state index in [9.17, 15) is 9.59 Å². The number of H-pyrrole nitrogens is 1. The summed E-state index contributed by atoms with van der Waals surface area (Å²) in [5.74, 6) is 2.01. The summed E-state index contributed by atoms with van der Waals surface area (Å²) in [6.07, 6.45) is 2.23. The molecule has 2 aliphatic rings. The number of amides is 2. The first kappa shape index (κ1) is 14.5. The summed E-state index contributed by atoms with van der Waals surface area (Å²) >= 11 is 1.76. The molecule has 0 spiro atoms. The van der Waals surface area contributed by atoms with Crippen LogP contribution in [-0.4, -0.2) is 70.4 Å². The Balaban J connectivity index is 1.48. The molecule has 0 aliphatic carbocycles. The Bertz CT molecular complexity index is 491. The van der Waals surface area contributed by atoms with Gasteiger partial charge in [0.1, 0.15) is 0 Å². The van der Waals surface area contributed by atoms with E-state index in [-0.39, 0.29) is 17.9 Å². The summed E-state index contributed by atoms with van der Waals surface area (Å²) in [7, 11) is 0. The van der Waals surface area contributed by atoms with E-state index < -0.39 is 0 Å². The average molecular weight is 308 g/mol. The molecule has 1 aromatic rings. The second kappa shape index (κ2) is 6.53. The van der Waals surface area contributed by atoms with Crippen LogP contribution in [0.5, 0.6) is 0 Å². The van der Waals surface area contributed by atoms with Crippen molar-refractivity contribution >= 4 is 23.6 Å². The Kier molecular flexibility index (Phi) is 4.50. The van der Waals surface area contributed by atoms with Gasteiger partial charge in [0.25, 0.3) is 0 Å². The Morgan fingerprint density at radius 1 is 1.24 bits per heavy atom. The van der Waals surface area contributed by atoms with Crippen LogP contribution in [0.3, 0.4) is 0 Å². The van der Waals surface area contributed by atoms with Crippen molar-refractivity contribution < 1.29 is 9.59 Å². The van der Waals surface area contributed by atoms with E-state index in [2.05, 4.69) is 10.3 Å². The standard InChI is InChI=1S/C14H20N4O2S/c19-13(8-11-2-1-3-15-11)17-4-6-18(7-5-17)14(20)12-9-21-10-16-12/h1-3,12,15-16H,4-10H2. The molecule has 0 aromatic carbocycles. The van der Waals surface area contributed by atoms with Gasteiger partial charge in [0, 0.05) is 49.7 Å². The lowest BCUT2D eigenvalue weighted by Gasteiger charge is -2.35. The monoisotopic (exact) mass is 308 g/mol. The summed E-state index contributed by atoms with van der Waals surface area (Å²) in [6.45, 7) is 2.53. The van der Waals surface area contributed by atoms with Crippen molar-refractivity contribution in [2.24, 2.45) is 0 Å². The fourth-order valence-corrected chi connectivity index (χ4v) is 3.64. The van der Waals surface area contributed by atoms with Gasteiger partial charge in [-0.1, -0.05) is 0 Å². The van der Waals surface area contributed by atoms with Crippen LogP contribution in [-0.2, 0) is 16.0 Å². The summed E-state index contributed by atoms with van der Waals surface area (Å²) < 4.78 is 0. The Morgan fingerprint density at radius 2 is 2.00 bits per heavy atom. The molecule has 21 heavy (non-hydrogen) atoms. The van der Waals surface area contributed by atoms with Gasteiger partial charge in [-0.05, 0) is 12.1 Å². The number of piperazine rings is 1. The first-order chi connectivity index (χ1) is 10.2. The fraction of sp³-hybridized carbons (Fsp3) is 0.571. The zero-order chi connectivity index (χ0) is 14.7. The maximum absolute atomic E-state index is 12.3. The molecule has 7 heteroatoms. The number of nitrogens with one attached hydrogen (secondary N) is 2. The minimum Gasteiger partial charge on any atom is -0.365 e. The lowest BCUT2D eigenvalue weighted by Crippen LogP contribution is -2.54. The number of carbonyl (C=O) groups is 2. The summed E-state index contributed by atoms with van der Waals surface area (Å²) in [6, 6.07) is 3.77. The topological polar surface area (TPSA) is 68.4 Å². The van der Waals surface area contributed by atoms with Crippen LogP contribution >= 0.6 is 11.8 Å². The molecule has 1 unspecified atom stereocenters. The molecule has 2 amide bonds. The molecule has 1 atom stereocenters. The molecular weight excluding hydrogens is 288 g/mol. The third-order valence-corrected chi connectivity index (χ3v) is 4.90. The molecule has 0 bridgehead atoms. The van der Waals surface area contributed by atoms with Gasteiger partial charge in [0.2, 0.25) is 11.8 Å². The third kappa shape index (κ3) is 3.41. The van der Waals surface area contributed by atoms with E-state index in [0.29, 0.717) is 32.6 Å². The number of rotatable bonds is 3. The Hall–Kier alpha value is -1.47. The lowest BCUT2D eigenvalue weighted by molar-refractivity contribution is -0.140. The van der Waals surface area contributed by atoms with Crippen molar-refractivity contribution in [1.82, 2.24) is 20.1 Å². The number of hydrogen-bond acceptors (Lipinski definition) is 4. The highest BCUT2D eigenvalue weighted by molar-refractivity contribution is 7.99. The summed E-state index contributed by atoms with van der Waals surface area (Å²) in [5, 5.41) is 3.20. The molecule has 2 fully saturated rings. The van der Waals surface area contributed by atoms with Crippen LogP contribution < -0.4 is 5.32 Å². The molecule has 6 nitrogen and oxygen atoms in total. The van der Waals surface area contributed by atoms with E-state index in [1.165, 1.54) is 0 Å². The van der Waals surface area contributed by atoms with E-state index in [1.807, 2.05) is 28.1 Å². The quantitative estimate of drug-likeness (QED) is 0.818. The van der Waals surface area contributed by atoms with Crippen molar-refractivity contribution in [3.05, 3.63) is 24.0 Å². The third-order valence-electron chi connectivity index (χ3n) is 3.96. The second-order valence-electron chi connectivity index (χ2n) is 5.35. The Morgan fingerprint density at radius 3 is 2.62 bits per heavy atom. The van der Waals surface area contributed by atoms with Crippen molar-refractivity contribution in [3.63, 3.8) is 0 Å². The van der Waals surface area contributed by atoms with Crippen molar-refractivity contribution in [2.75, 3.05) is 37.8 Å². The highest BCUT2D eigenvalue weighted by Crippen LogP contribution is 2.13. The molecule has 2 aliphatic heterocycles. The largest absolute Gasteiger partial charge is 0.365 e. The number of carbonyl (C=O) groups excluding carboxylic acids is 2. The number of thioether (sulfide) groups is 1. The van der Waals surface area contributed by atoms with Gasteiger partial charge in [-0.3, -0.25) is 14.9 Å². The molecule has 3 heterocycles. The van der Waals surface area contributed by atoms with Gasteiger partial charge in [0.15, 0.2) is 0 Å². The smallest absolute Gasteiger partial charge is 0.240 e. The molecule has 2 N–H and O–H groups in total. The Labute approximate surface area is 128 Å². The van der Waals surface area contributed by atoms with Gasteiger partial charge in [-0.15, -0.1) is 11.8 Å². The highest BCUT2D eigenvalue weighted by Gasteiger charge is 2.30. The minimum atomic E-state index is -0.0452. The van der Waals surface area contributed by atoms with Crippen LogP contribution in [0.4, 0.5) is 0 Å².